The maximum absolute atomic E-state index is 8.89. The van der Waals surface area contributed by atoms with Crippen LogP contribution in [0.25, 0.3) is 0 Å². The Kier molecular flexibility index (Phi) is 3.26. The van der Waals surface area contributed by atoms with Gasteiger partial charge in [0.15, 0.2) is 5.16 Å². The van der Waals surface area contributed by atoms with Crippen molar-refractivity contribution >= 4 is 11.8 Å². The lowest BCUT2D eigenvalue weighted by molar-refractivity contribution is 0.644. The van der Waals surface area contributed by atoms with Gasteiger partial charge in [-0.1, -0.05) is 23.9 Å². The third kappa shape index (κ3) is 2.64. The van der Waals surface area contributed by atoms with E-state index >= 15 is 0 Å². The summed E-state index contributed by atoms with van der Waals surface area (Å²) in [6.07, 6.45) is 2.46. The summed E-state index contributed by atoms with van der Waals surface area (Å²) in [5.74, 6) is 1.82. The number of nitrogens with zero attached hydrogens (tertiary/aromatic N) is 4. The van der Waals surface area contributed by atoms with E-state index in [1.807, 2.05) is 31.2 Å². The van der Waals surface area contributed by atoms with Gasteiger partial charge in [0.2, 0.25) is 0 Å². The summed E-state index contributed by atoms with van der Waals surface area (Å²) in [6, 6.07) is 10.5. The van der Waals surface area contributed by atoms with Crippen LogP contribution in [0, 0.1) is 18.3 Å². The Labute approximate surface area is 116 Å². The summed E-state index contributed by atoms with van der Waals surface area (Å²) >= 11 is 1.69. The van der Waals surface area contributed by atoms with E-state index in [1.54, 1.807) is 11.8 Å². The van der Waals surface area contributed by atoms with Crippen molar-refractivity contribution in [3.63, 3.8) is 0 Å². The van der Waals surface area contributed by atoms with Crippen LogP contribution in [0.2, 0.25) is 0 Å². The van der Waals surface area contributed by atoms with E-state index in [0.717, 1.165) is 22.3 Å². The predicted octanol–water partition coefficient (Wildman–Crippen LogP) is 3.09. The lowest BCUT2D eigenvalue weighted by Crippen LogP contribution is -1.99. The zero-order valence-electron chi connectivity index (χ0n) is 10.7. The van der Waals surface area contributed by atoms with Crippen molar-refractivity contribution < 1.29 is 0 Å². The first-order valence-corrected chi connectivity index (χ1v) is 7.30. The molecule has 2 aromatic rings. The third-order valence-corrected chi connectivity index (χ3v) is 4.19. The van der Waals surface area contributed by atoms with Crippen LogP contribution in [-0.4, -0.2) is 14.8 Å². The van der Waals surface area contributed by atoms with Gasteiger partial charge >= 0.3 is 0 Å². The molecule has 0 radical (unpaired) electrons. The fourth-order valence-corrected chi connectivity index (χ4v) is 3.07. The molecule has 4 nitrogen and oxygen atoms in total. The highest BCUT2D eigenvalue weighted by Gasteiger charge is 2.28. The molecule has 1 aliphatic carbocycles. The van der Waals surface area contributed by atoms with Crippen LogP contribution in [0.1, 0.15) is 35.8 Å². The number of benzene rings is 1. The van der Waals surface area contributed by atoms with Gasteiger partial charge in [-0.2, -0.15) is 5.26 Å². The zero-order valence-corrected chi connectivity index (χ0v) is 11.5. The molecule has 0 atom stereocenters. The molecule has 1 aromatic heterocycles. The highest BCUT2D eigenvalue weighted by atomic mass is 32.2. The Morgan fingerprint density at radius 2 is 2.26 bits per heavy atom. The molecule has 19 heavy (non-hydrogen) atoms. The number of aromatic nitrogens is 3. The Morgan fingerprint density at radius 1 is 1.42 bits per heavy atom. The van der Waals surface area contributed by atoms with Crippen molar-refractivity contribution in [1.82, 2.24) is 14.8 Å². The molecule has 0 bridgehead atoms. The number of nitriles is 1. The SMILES string of the molecule is Cc1nnc(SCc2cccc(C#N)c2)n1C1CC1. The molecule has 1 saturated carbocycles. The summed E-state index contributed by atoms with van der Waals surface area (Å²) in [5.41, 5.74) is 1.85. The highest BCUT2D eigenvalue weighted by Crippen LogP contribution is 2.39. The first-order chi connectivity index (χ1) is 9.28. The summed E-state index contributed by atoms with van der Waals surface area (Å²) in [6.45, 7) is 2.01. The van der Waals surface area contributed by atoms with Gasteiger partial charge in [-0.05, 0) is 37.5 Å². The lowest BCUT2D eigenvalue weighted by Gasteiger charge is -2.06. The van der Waals surface area contributed by atoms with E-state index in [4.69, 9.17) is 5.26 Å². The summed E-state index contributed by atoms with van der Waals surface area (Å²) in [5, 5.41) is 18.3. The Bertz CT molecular complexity index is 637. The van der Waals surface area contributed by atoms with Gasteiger partial charge < -0.3 is 4.57 Å². The molecule has 96 valence electrons. The molecule has 0 spiro atoms. The van der Waals surface area contributed by atoms with Crippen LogP contribution < -0.4 is 0 Å². The summed E-state index contributed by atoms with van der Waals surface area (Å²) in [4.78, 5) is 0. The highest BCUT2D eigenvalue weighted by molar-refractivity contribution is 7.98. The van der Waals surface area contributed by atoms with E-state index in [-0.39, 0.29) is 0 Å². The van der Waals surface area contributed by atoms with Crippen LogP contribution in [-0.2, 0) is 5.75 Å². The van der Waals surface area contributed by atoms with E-state index in [2.05, 4.69) is 20.8 Å². The standard InChI is InChI=1S/C14H14N4S/c1-10-16-17-14(18(10)13-5-6-13)19-9-12-4-2-3-11(7-12)8-15/h2-4,7,13H,5-6,9H2,1H3. The van der Waals surface area contributed by atoms with Crippen LogP contribution in [0.4, 0.5) is 0 Å². The summed E-state index contributed by atoms with van der Waals surface area (Å²) in [7, 11) is 0. The molecule has 5 heteroatoms. The largest absolute Gasteiger partial charge is 0.303 e. The van der Waals surface area contributed by atoms with E-state index in [1.165, 1.54) is 12.8 Å². The number of thioether (sulfide) groups is 1. The molecular formula is C14H14N4S. The predicted molar refractivity (Wildman–Crippen MR) is 73.7 cm³/mol. The summed E-state index contributed by atoms with van der Waals surface area (Å²) < 4.78 is 2.23. The maximum atomic E-state index is 8.89. The van der Waals surface area contributed by atoms with Crippen molar-refractivity contribution in [2.45, 2.75) is 36.7 Å². The molecule has 1 aliphatic rings. The quantitative estimate of drug-likeness (QED) is 0.801. The van der Waals surface area contributed by atoms with Crippen LogP contribution in [0.15, 0.2) is 29.4 Å². The van der Waals surface area contributed by atoms with Crippen molar-refractivity contribution in [2.24, 2.45) is 0 Å². The number of aryl methyl sites for hydroxylation is 1. The van der Waals surface area contributed by atoms with Crippen molar-refractivity contribution in [3.05, 3.63) is 41.2 Å². The molecule has 0 amide bonds. The topological polar surface area (TPSA) is 54.5 Å². The minimum absolute atomic E-state index is 0.600. The smallest absolute Gasteiger partial charge is 0.191 e. The molecule has 0 saturated heterocycles. The fourth-order valence-electron chi connectivity index (χ4n) is 2.08. The monoisotopic (exact) mass is 270 g/mol. The number of hydrogen-bond acceptors (Lipinski definition) is 4. The number of hydrogen-bond donors (Lipinski definition) is 0. The minimum atomic E-state index is 0.600. The van der Waals surface area contributed by atoms with Crippen LogP contribution >= 0.6 is 11.8 Å². The molecule has 3 rings (SSSR count). The molecule has 0 aliphatic heterocycles. The van der Waals surface area contributed by atoms with Crippen molar-refractivity contribution in [2.75, 3.05) is 0 Å². The average molecular weight is 270 g/mol. The fraction of sp³-hybridized carbons (Fsp3) is 0.357. The lowest BCUT2D eigenvalue weighted by atomic mass is 10.2. The molecule has 1 aromatic carbocycles. The van der Waals surface area contributed by atoms with Crippen LogP contribution in [0.5, 0.6) is 0 Å². The normalized spacial score (nSPS) is 14.3. The number of rotatable bonds is 4. The zero-order chi connectivity index (χ0) is 13.2. The van der Waals surface area contributed by atoms with Gasteiger partial charge in [-0.3, -0.25) is 0 Å². The minimum Gasteiger partial charge on any atom is -0.303 e. The molecule has 1 heterocycles. The third-order valence-electron chi connectivity index (χ3n) is 3.17. The van der Waals surface area contributed by atoms with E-state index < -0.39 is 0 Å². The first kappa shape index (κ1) is 12.2. The molecule has 0 N–H and O–H groups in total. The van der Waals surface area contributed by atoms with Gasteiger partial charge in [0, 0.05) is 11.8 Å². The van der Waals surface area contributed by atoms with Crippen molar-refractivity contribution in [1.29, 1.82) is 5.26 Å². The first-order valence-electron chi connectivity index (χ1n) is 6.31. The Hall–Kier alpha value is -1.80. The average Bonchev–Trinajstić information content (AvgIpc) is 3.20. The van der Waals surface area contributed by atoms with Gasteiger partial charge in [0.05, 0.1) is 11.6 Å². The Morgan fingerprint density at radius 3 is 3.00 bits per heavy atom. The van der Waals surface area contributed by atoms with E-state index in [9.17, 15) is 0 Å². The molecule has 0 unspecified atom stereocenters. The molecular weight excluding hydrogens is 256 g/mol. The Balaban J connectivity index is 1.74. The van der Waals surface area contributed by atoms with Crippen LogP contribution in [0.3, 0.4) is 0 Å². The second-order valence-corrected chi connectivity index (χ2v) is 5.67. The second-order valence-electron chi connectivity index (χ2n) is 4.73. The van der Waals surface area contributed by atoms with Crippen molar-refractivity contribution in [3.8, 4) is 6.07 Å². The molecule has 1 fully saturated rings. The van der Waals surface area contributed by atoms with Gasteiger partial charge in [-0.15, -0.1) is 10.2 Å². The van der Waals surface area contributed by atoms with Gasteiger partial charge in [0.25, 0.3) is 0 Å². The van der Waals surface area contributed by atoms with Gasteiger partial charge in [0.1, 0.15) is 5.82 Å². The second kappa shape index (κ2) is 5.06. The van der Waals surface area contributed by atoms with E-state index in [0.29, 0.717) is 11.6 Å². The van der Waals surface area contributed by atoms with Gasteiger partial charge in [-0.25, -0.2) is 0 Å². The maximum Gasteiger partial charge on any atom is 0.191 e.